The molecule has 1 amide bonds. The molecule has 0 unspecified atom stereocenters. The van der Waals surface area contributed by atoms with Gasteiger partial charge in [-0.05, 0) is 48.6 Å². The van der Waals surface area contributed by atoms with E-state index in [1.807, 2.05) is 69.5 Å². The van der Waals surface area contributed by atoms with E-state index < -0.39 is 0 Å². The van der Waals surface area contributed by atoms with Crippen LogP contribution in [-0.2, 0) is 22.6 Å². The average molecular weight is 543 g/mol. The number of aromatic nitrogens is 3. The Morgan fingerprint density at radius 2 is 1.82 bits per heavy atom. The number of imidazole rings is 1. The van der Waals surface area contributed by atoms with E-state index in [-0.39, 0.29) is 18.4 Å². The first-order chi connectivity index (χ1) is 19.3. The minimum Gasteiger partial charge on any atom is -0.358 e. The third kappa shape index (κ3) is 7.90. The Balaban J connectivity index is 1.48. The molecule has 40 heavy (non-hydrogen) atoms. The third-order valence-corrected chi connectivity index (χ3v) is 7.31. The van der Waals surface area contributed by atoms with E-state index in [1.54, 1.807) is 0 Å². The Morgan fingerprint density at radius 3 is 2.58 bits per heavy atom. The number of Topliss-reactive ketones (excluding diaryl/α,β-unsaturated/α-hetero) is 1. The zero-order chi connectivity index (χ0) is 28.5. The Kier molecular flexibility index (Phi) is 10.3. The molecule has 0 fully saturated rings. The van der Waals surface area contributed by atoms with Crippen LogP contribution in [0.4, 0.5) is 0 Å². The highest BCUT2D eigenvalue weighted by atomic mass is 16.1. The molecule has 0 aliphatic rings. The number of ketones is 1. The zero-order valence-electron chi connectivity index (χ0n) is 24.1. The maximum atomic E-state index is 13.5. The van der Waals surface area contributed by atoms with Crippen molar-refractivity contribution in [2.24, 2.45) is 0 Å². The summed E-state index contributed by atoms with van der Waals surface area (Å²) >= 11 is 0. The summed E-state index contributed by atoms with van der Waals surface area (Å²) in [5.74, 6) is 1.02. The summed E-state index contributed by atoms with van der Waals surface area (Å²) in [5, 5.41) is 6.27. The minimum absolute atomic E-state index is 0.0374. The van der Waals surface area contributed by atoms with Crippen LogP contribution in [0.2, 0.25) is 0 Å². The maximum absolute atomic E-state index is 13.5. The number of aromatic amines is 2. The highest BCUT2D eigenvalue weighted by Crippen LogP contribution is 2.26. The van der Waals surface area contributed by atoms with E-state index in [2.05, 4.69) is 43.9 Å². The molecule has 8 heteroatoms. The Hall–Kier alpha value is -3.75. The molecule has 2 aromatic carbocycles. The quantitative estimate of drug-likeness (QED) is 0.113. The van der Waals surface area contributed by atoms with Gasteiger partial charge < -0.3 is 15.3 Å². The van der Waals surface area contributed by atoms with Crippen LogP contribution in [0.3, 0.4) is 0 Å². The van der Waals surface area contributed by atoms with E-state index in [0.717, 1.165) is 70.5 Å². The number of unbranched alkanes of at least 4 members (excludes halogenated alkanes) is 2. The van der Waals surface area contributed by atoms with Crippen LogP contribution < -0.4 is 10.7 Å². The topological polar surface area (TPSA) is 106 Å². The molecule has 0 bridgehead atoms. The number of nitrogens with one attached hydrogen (secondary N) is 4. The van der Waals surface area contributed by atoms with Gasteiger partial charge in [-0.15, -0.1) is 0 Å². The van der Waals surface area contributed by atoms with Gasteiger partial charge in [0.25, 0.3) is 0 Å². The Morgan fingerprint density at radius 1 is 1.02 bits per heavy atom. The lowest BCUT2D eigenvalue weighted by Crippen LogP contribution is -2.30. The molecule has 2 aromatic heterocycles. The summed E-state index contributed by atoms with van der Waals surface area (Å²) in [6, 6.07) is 16.2. The van der Waals surface area contributed by atoms with Crippen LogP contribution in [0.15, 0.2) is 54.7 Å². The molecule has 1 atom stereocenters. The molecule has 0 aliphatic carbocycles. The van der Waals surface area contributed by atoms with Gasteiger partial charge in [-0.1, -0.05) is 56.2 Å². The Labute approximate surface area is 236 Å². The van der Waals surface area contributed by atoms with Crippen molar-refractivity contribution in [2.75, 3.05) is 14.1 Å². The number of carbonyl (C=O) groups excluding carboxylic acids is 2. The van der Waals surface area contributed by atoms with Crippen molar-refractivity contribution in [3.05, 3.63) is 77.4 Å². The SMILES string of the molecule is CCC(=O)CCCCC[C@H](NC(=O)Cc1c(C)[nH]c2ccc(CNN(C)C)cc12)c1ncc(-c2ccccc2)[nH]1. The molecule has 0 radical (unpaired) electrons. The van der Waals surface area contributed by atoms with Crippen LogP contribution in [0.5, 0.6) is 0 Å². The molecular formula is C32H42N6O2. The van der Waals surface area contributed by atoms with E-state index in [9.17, 15) is 9.59 Å². The van der Waals surface area contributed by atoms with Gasteiger partial charge in [-0.2, -0.15) is 0 Å². The van der Waals surface area contributed by atoms with E-state index in [0.29, 0.717) is 25.2 Å². The molecule has 8 nitrogen and oxygen atoms in total. The summed E-state index contributed by atoms with van der Waals surface area (Å²) < 4.78 is 0. The number of fused-ring (bicyclic) bond motifs is 1. The summed E-state index contributed by atoms with van der Waals surface area (Å²) in [4.78, 5) is 36.7. The summed E-state index contributed by atoms with van der Waals surface area (Å²) in [6.07, 6.45) is 6.79. The predicted octanol–water partition coefficient (Wildman–Crippen LogP) is 5.76. The molecule has 4 rings (SSSR count). The Bertz CT molecular complexity index is 1410. The minimum atomic E-state index is -0.239. The first-order valence-electron chi connectivity index (χ1n) is 14.3. The smallest absolute Gasteiger partial charge is 0.225 e. The number of carbonyl (C=O) groups is 2. The lowest BCUT2D eigenvalue weighted by atomic mass is 10.0. The molecule has 4 aromatic rings. The number of hydrazine groups is 1. The highest BCUT2D eigenvalue weighted by Gasteiger charge is 2.20. The normalized spacial score (nSPS) is 12.2. The number of hydrogen-bond donors (Lipinski definition) is 4. The van der Waals surface area contributed by atoms with Crippen LogP contribution in [-0.4, -0.2) is 45.7 Å². The van der Waals surface area contributed by atoms with Gasteiger partial charge in [0.2, 0.25) is 5.91 Å². The second-order valence-corrected chi connectivity index (χ2v) is 10.7. The monoisotopic (exact) mass is 542 g/mol. The fourth-order valence-electron chi connectivity index (χ4n) is 5.00. The molecule has 212 valence electrons. The van der Waals surface area contributed by atoms with Crippen molar-refractivity contribution >= 4 is 22.6 Å². The number of hydrogen-bond acceptors (Lipinski definition) is 5. The number of H-pyrrole nitrogens is 2. The summed E-state index contributed by atoms with van der Waals surface area (Å²) in [5.41, 5.74) is 9.49. The number of amides is 1. The van der Waals surface area contributed by atoms with Crippen molar-refractivity contribution in [1.82, 2.24) is 30.7 Å². The summed E-state index contributed by atoms with van der Waals surface area (Å²) in [7, 11) is 3.94. The van der Waals surface area contributed by atoms with Gasteiger partial charge in [0.1, 0.15) is 11.6 Å². The van der Waals surface area contributed by atoms with Gasteiger partial charge in [-0.25, -0.2) is 4.98 Å². The first kappa shape index (κ1) is 29.2. The first-order valence-corrected chi connectivity index (χ1v) is 14.3. The number of aryl methyl sites for hydroxylation is 1. The second kappa shape index (κ2) is 14.1. The van der Waals surface area contributed by atoms with Crippen molar-refractivity contribution in [2.45, 2.75) is 71.4 Å². The van der Waals surface area contributed by atoms with Crippen LogP contribution in [0.1, 0.15) is 74.1 Å². The highest BCUT2D eigenvalue weighted by molar-refractivity contribution is 5.90. The van der Waals surface area contributed by atoms with Gasteiger partial charge in [0.05, 0.1) is 24.4 Å². The maximum Gasteiger partial charge on any atom is 0.225 e. The summed E-state index contributed by atoms with van der Waals surface area (Å²) in [6.45, 7) is 4.65. The number of rotatable bonds is 15. The fourth-order valence-corrected chi connectivity index (χ4v) is 5.00. The molecular weight excluding hydrogens is 500 g/mol. The number of benzene rings is 2. The zero-order valence-corrected chi connectivity index (χ0v) is 24.1. The lowest BCUT2D eigenvalue weighted by molar-refractivity contribution is -0.121. The van der Waals surface area contributed by atoms with Gasteiger partial charge in [0, 0.05) is 50.1 Å². The molecule has 4 N–H and O–H groups in total. The molecule has 2 heterocycles. The van der Waals surface area contributed by atoms with Crippen molar-refractivity contribution in [3.8, 4) is 11.3 Å². The molecule has 0 aliphatic heterocycles. The second-order valence-electron chi connectivity index (χ2n) is 10.7. The third-order valence-electron chi connectivity index (χ3n) is 7.31. The van der Waals surface area contributed by atoms with E-state index >= 15 is 0 Å². The van der Waals surface area contributed by atoms with E-state index in [4.69, 9.17) is 0 Å². The van der Waals surface area contributed by atoms with Crippen molar-refractivity contribution < 1.29 is 9.59 Å². The average Bonchev–Trinajstić information content (AvgIpc) is 3.56. The predicted molar refractivity (Wildman–Crippen MR) is 161 cm³/mol. The lowest BCUT2D eigenvalue weighted by Gasteiger charge is -2.17. The van der Waals surface area contributed by atoms with E-state index in [1.165, 1.54) is 0 Å². The van der Waals surface area contributed by atoms with Crippen molar-refractivity contribution in [3.63, 3.8) is 0 Å². The molecule has 0 saturated carbocycles. The van der Waals surface area contributed by atoms with Crippen LogP contribution >= 0.6 is 0 Å². The van der Waals surface area contributed by atoms with Gasteiger partial charge in [-0.3, -0.25) is 20.0 Å². The van der Waals surface area contributed by atoms with Crippen molar-refractivity contribution in [1.29, 1.82) is 0 Å². The molecule has 0 spiro atoms. The van der Waals surface area contributed by atoms with Gasteiger partial charge >= 0.3 is 0 Å². The van der Waals surface area contributed by atoms with Gasteiger partial charge in [0.15, 0.2) is 0 Å². The fraction of sp³-hybridized carbons (Fsp3) is 0.406. The van der Waals surface area contributed by atoms with Crippen LogP contribution in [0, 0.1) is 6.92 Å². The largest absolute Gasteiger partial charge is 0.358 e. The number of nitrogens with zero attached hydrogens (tertiary/aromatic N) is 2. The van der Waals surface area contributed by atoms with Crippen LogP contribution in [0.25, 0.3) is 22.2 Å². The molecule has 0 saturated heterocycles. The standard InChI is InChI=1S/C32H42N6O2/c1-5-25(39)14-10-7-11-15-29(32-33-21-30(37-32)24-12-8-6-9-13-24)36-31(40)19-26-22(2)35-28-17-16-23(18-27(26)28)20-34-38(3)4/h6,8-9,12-13,16-18,21,29,34-35H,5,7,10-11,14-15,19-20H2,1-4H3,(H,33,37)(H,36,40)/t29-/m0/s1.